The Labute approximate surface area is 151 Å². The Hall–Kier alpha value is -1.90. The minimum Gasteiger partial charge on any atom is -0.477 e. The topological polar surface area (TPSA) is 81.6 Å². The molecule has 0 spiro atoms. The molecule has 2 aromatic rings. The van der Waals surface area contributed by atoms with Crippen LogP contribution in [0.4, 0.5) is 0 Å². The maximum Gasteiger partial charge on any atom is 0.278 e. The molecule has 1 aromatic carbocycles. The summed E-state index contributed by atoms with van der Waals surface area (Å²) in [5.74, 6) is 0.530. The second-order valence-electron chi connectivity index (χ2n) is 5.67. The molecule has 1 saturated heterocycles. The highest BCUT2D eigenvalue weighted by atomic mass is 35.5. The zero-order chi connectivity index (χ0) is 18.0. The maximum absolute atomic E-state index is 12.9. The van der Waals surface area contributed by atoms with E-state index in [0.29, 0.717) is 23.6 Å². The minimum absolute atomic E-state index is 0.220. The van der Waals surface area contributed by atoms with Crippen LogP contribution < -0.4 is 9.47 Å². The first-order chi connectivity index (χ1) is 11.9. The van der Waals surface area contributed by atoms with E-state index in [4.69, 9.17) is 21.1 Å². The molecule has 134 valence electrons. The van der Waals surface area contributed by atoms with Gasteiger partial charge in [-0.15, -0.1) is 0 Å². The zero-order valence-electron chi connectivity index (χ0n) is 13.8. The predicted molar refractivity (Wildman–Crippen MR) is 92.6 cm³/mol. The van der Waals surface area contributed by atoms with Crippen LogP contribution in [0.5, 0.6) is 11.8 Å². The summed E-state index contributed by atoms with van der Waals surface area (Å²) in [5, 5.41) is 0.389. The fraction of sp³-hybridized carbons (Fsp3) is 0.375. The van der Waals surface area contributed by atoms with Crippen molar-refractivity contribution in [1.29, 1.82) is 0 Å². The van der Waals surface area contributed by atoms with Crippen LogP contribution in [0.25, 0.3) is 0 Å². The quantitative estimate of drug-likeness (QED) is 0.787. The molecule has 1 fully saturated rings. The van der Waals surface area contributed by atoms with E-state index in [1.165, 1.54) is 29.9 Å². The van der Waals surface area contributed by atoms with Crippen LogP contribution >= 0.6 is 11.6 Å². The summed E-state index contributed by atoms with van der Waals surface area (Å²) in [7, 11) is -2.15. The molecule has 0 aliphatic carbocycles. The van der Waals surface area contributed by atoms with Crippen molar-refractivity contribution in [2.24, 2.45) is 0 Å². The monoisotopic (exact) mass is 383 g/mol. The lowest BCUT2D eigenvalue weighted by Crippen LogP contribution is -2.31. The van der Waals surface area contributed by atoms with Crippen LogP contribution in [0.3, 0.4) is 0 Å². The van der Waals surface area contributed by atoms with E-state index >= 15 is 0 Å². The third-order valence-electron chi connectivity index (χ3n) is 3.98. The molecule has 0 radical (unpaired) electrons. The van der Waals surface area contributed by atoms with Crippen LogP contribution in [0.2, 0.25) is 5.02 Å². The number of ether oxygens (including phenoxy) is 2. The van der Waals surface area contributed by atoms with Crippen LogP contribution in [-0.4, -0.2) is 49.0 Å². The van der Waals surface area contributed by atoms with E-state index < -0.39 is 10.0 Å². The molecule has 9 heteroatoms. The molecule has 3 rings (SSSR count). The molecule has 0 saturated carbocycles. The predicted octanol–water partition coefficient (Wildman–Crippen LogP) is 2.29. The molecule has 2 heterocycles. The Bertz CT molecular complexity index is 875. The largest absolute Gasteiger partial charge is 0.477 e. The average molecular weight is 384 g/mol. The highest BCUT2D eigenvalue weighted by Gasteiger charge is 2.35. The van der Waals surface area contributed by atoms with Gasteiger partial charge in [-0.3, -0.25) is 0 Å². The maximum atomic E-state index is 12.9. The minimum atomic E-state index is -3.63. The van der Waals surface area contributed by atoms with Crippen molar-refractivity contribution < 1.29 is 17.9 Å². The highest BCUT2D eigenvalue weighted by molar-refractivity contribution is 7.89. The third-order valence-corrected chi connectivity index (χ3v) is 6.22. The van der Waals surface area contributed by atoms with E-state index in [1.807, 2.05) is 0 Å². The van der Waals surface area contributed by atoms with Gasteiger partial charge in [0.25, 0.3) is 11.8 Å². The first-order valence-corrected chi connectivity index (χ1v) is 9.51. The summed E-state index contributed by atoms with van der Waals surface area (Å²) in [6, 6.07) is 4.85. The molecule has 7 nitrogen and oxygen atoms in total. The Morgan fingerprint density at radius 2 is 1.96 bits per heavy atom. The first kappa shape index (κ1) is 17.9. The second kappa shape index (κ2) is 7.15. The number of methoxy groups -OCH3 is 1. The number of sulfonamides is 1. The van der Waals surface area contributed by atoms with Crippen molar-refractivity contribution in [3.05, 3.63) is 41.2 Å². The number of hydrogen-bond acceptors (Lipinski definition) is 6. The number of nitrogens with zero attached hydrogens (tertiary/aromatic N) is 3. The number of aromatic nitrogens is 2. The lowest BCUT2D eigenvalue weighted by molar-refractivity contribution is 0.194. The molecule has 25 heavy (non-hydrogen) atoms. The van der Waals surface area contributed by atoms with E-state index in [2.05, 4.69) is 9.97 Å². The van der Waals surface area contributed by atoms with Crippen LogP contribution in [0.15, 0.2) is 35.5 Å². The van der Waals surface area contributed by atoms with E-state index in [-0.39, 0.29) is 29.3 Å². The van der Waals surface area contributed by atoms with Crippen molar-refractivity contribution in [2.45, 2.75) is 24.3 Å². The van der Waals surface area contributed by atoms with Crippen molar-refractivity contribution in [3.63, 3.8) is 0 Å². The van der Waals surface area contributed by atoms with Gasteiger partial charge in [0.15, 0.2) is 0 Å². The summed E-state index contributed by atoms with van der Waals surface area (Å²) in [6.45, 7) is 2.34. The lowest BCUT2D eigenvalue weighted by atomic mass is 10.2. The normalized spacial score (nSPS) is 18.3. The standard InChI is InChI=1S/C16H18ClN3O4S/c1-11-3-4-12(17)9-14(11)25(21,22)20-8-5-13(10-20)24-16-15(23-2)18-6-7-19-16/h3-4,6-7,9,13H,5,8,10H2,1-2H3. The van der Waals surface area contributed by atoms with Crippen molar-refractivity contribution in [3.8, 4) is 11.8 Å². The van der Waals surface area contributed by atoms with Gasteiger partial charge in [-0.25, -0.2) is 18.4 Å². The molecule has 1 unspecified atom stereocenters. The Morgan fingerprint density at radius 1 is 1.24 bits per heavy atom. The molecule has 1 atom stereocenters. The van der Waals surface area contributed by atoms with E-state index in [9.17, 15) is 8.42 Å². The first-order valence-electron chi connectivity index (χ1n) is 7.70. The SMILES string of the molecule is COc1nccnc1OC1CCN(S(=O)(=O)c2cc(Cl)ccc2C)C1. The molecular formula is C16H18ClN3O4S. The van der Waals surface area contributed by atoms with Gasteiger partial charge >= 0.3 is 0 Å². The lowest BCUT2D eigenvalue weighted by Gasteiger charge is -2.18. The number of halogens is 1. The average Bonchev–Trinajstić information content (AvgIpc) is 3.07. The summed E-state index contributed by atoms with van der Waals surface area (Å²) < 4.78 is 38.1. The van der Waals surface area contributed by atoms with E-state index in [1.54, 1.807) is 19.1 Å². The molecule has 0 bridgehead atoms. The third kappa shape index (κ3) is 3.70. The van der Waals surface area contributed by atoms with Crippen molar-refractivity contribution in [2.75, 3.05) is 20.2 Å². The summed E-state index contributed by atoms with van der Waals surface area (Å²) in [5.41, 5.74) is 0.657. The van der Waals surface area contributed by atoms with Gasteiger partial charge in [-0.2, -0.15) is 4.31 Å². The Balaban J connectivity index is 1.77. The number of benzene rings is 1. The Kier molecular flexibility index (Phi) is 5.12. The van der Waals surface area contributed by atoms with Gasteiger partial charge in [-0.05, 0) is 31.0 Å². The summed E-state index contributed by atoms with van der Waals surface area (Å²) in [4.78, 5) is 8.33. The van der Waals surface area contributed by atoms with Gasteiger partial charge in [0.1, 0.15) is 6.10 Å². The van der Waals surface area contributed by atoms with Crippen LogP contribution in [0.1, 0.15) is 12.0 Å². The van der Waals surface area contributed by atoms with Crippen molar-refractivity contribution in [1.82, 2.24) is 14.3 Å². The van der Waals surface area contributed by atoms with Crippen molar-refractivity contribution >= 4 is 21.6 Å². The number of rotatable bonds is 5. The van der Waals surface area contributed by atoms with Crippen LogP contribution in [0, 0.1) is 6.92 Å². The second-order valence-corrected chi connectivity index (χ2v) is 8.01. The van der Waals surface area contributed by atoms with Gasteiger partial charge in [0, 0.05) is 24.0 Å². The Morgan fingerprint density at radius 3 is 2.68 bits per heavy atom. The van der Waals surface area contributed by atoms with Gasteiger partial charge in [0.2, 0.25) is 10.0 Å². The fourth-order valence-electron chi connectivity index (χ4n) is 2.69. The van der Waals surface area contributed by atoms with Gasteiger partial charge < -0.3 is 9.47 Å². The number of aryl methyl sites for hydroxylation is 1. The molecule has 0 amide bonds. The summed E-state index contributed by atoms with van der Waals surface area (Å²) in [6.07, 6.45) is 3.23. The molecule has 1 aliphatic rings. The molecule has 1 aromatic heterocycles. The summed E-state index contributed by atoms with van der Waals surface area (Å²) >= 11 is 5.96. The fourth-order valence-corrected chi connectivity index (χ4v) is 4.67. The van der Waals surface area contributed by atoms with Gasteiger partial charge in [-0.1, -0.05) is 17.7 Å². The van der Waals surface area contributed by atoms with Crippen LogP contribution in [-0.2, 0) is 10.0 Å². The molecular weight excluding hydrogens is 366 g/mol. The number of hydrogen-bond donors (Lipinski definition) is 0. The molecule has 1 aliphatic heterocycles. The molecule has 0 N–H and O–H groups in total. The highest BCUT2D eigenvalue weighted by Crippen LogP contribution is 2.29. The van der Waals surface area contributed by atoms with E-state index in [0.717, 1.165) is 0 Å². The zero-order valence-corrected chi connectivity index (χ0v) is 15.4. The smallest absolute Gasteiger partial charge is 0.278 e. The van der Waals surface area contributed by atoms with Gasteiger partial charge in [0.05, 0.1) is 18.6 Å².